The highest BCUT2D eigenvalue weighted by Gasteiger charge is 2.29. The monoisotopic (exact) mass is 399 g/mol. The predicted molar refractivity (Wildman–Crippen MR) is 100 cm³/mol. The van der Waals surface area contributed by atoms with Gasteiger partial charge in [-0.25, -0.2) is 9.36 Å². The molecule has 150 valence electrons. The van der Waals surface area contributed by atoms with Gasteiger partial charge in [0.25, 0.3) is 0 Å². The Balaban J connectivity index is 2.89. The second-order valence-corrected chi connectivity index (χ2v) is 7.12. The van der Waals surface area contributed by atoms with Crippen LogP contribution in [0, 0.1) is 0 Å². The van der Waals surface area contributed by atoms with Crippen molar-refractivity contribution in [2.24, 2.45) is 0 Å². The molecule has 1 aromatic carbocycles. The fraction of sp³-hybridized carbons (Fsp3) is 0.444. The number of amides is 1. The Morgan fingerprint density at radius 3 is 2.48 bits per heavy atom. The van der Waals surface area contributed by atoms with Crippen molar-refractivity contribution in [2.75, 3.05) is 13.2 Å². The van der Waals surface area contributed by atoms with Crippen LogP contribution in [0.2, 0.25) is 0 Å². The molecule has 0 heterocycles. The third kappa shape index (κ3) is 8.97. The average Bonchev–Trinajstić information content (AvgIpc) is 2.63. The van der Waals surface area contributed by atoms with Crippen molar-refractivity contribution in [1.29, 1.82) is 0 Å². The first-order valence-corrected chi connectivity index (χ1v) is 10.1. The maximum atomic E-state index is 12.3. The van der Waals surface area contributed by atoms with Crippen LogP contribution in [0.1, 0.15) is 37.6 Å². The van der Waals surface area contributed by atoms with Crippen LogP contribution in [0.5, 0.6) is 0 Å². The zero-order valence-corrected chi connectivity index (χ0v) is 16.6. The van der Waals surface area contributed by atoms with Crippen molar-refractivity contribution in [2.45, 2.75) is 39.3 Å². The van der Waals surface area contributed by atoms with Crippen molar-refractivity contribution in [3.05, 3.63) is 48.0 Å². The van der Waals surface area contributed by atoms with Gasteiger partial charge >= 0.3 is 13.8 Å². The third-order valence-corrected chi connectivity index (χ3v) is 4.28. The molecule has 27 heavy (non-hydrogen) atoms. The highest BCUT2D eigenvalue weighted by molar-refractivity contribution is 7.47. The standard InChI is InChI=1S/C18H26NO7P/c1-4-9-17(26-18(21)15-10-7-6-8-11-15)16(19-14(3)20)13-25-27(22,23)24-12-5-2/h4,6-11,16-17H,5,12-13H2,1-3H3,(H,19,20)(H,22,23)/b9-4+/t16-,17+/m0/s1. The van der Waals surface area contributed by atoms with E-state index >= 15 is 0 Å². The summed E-state index contributed by atoms with van der Waals surface area (Å²) in [6, 6.07) is 7.48. The Kier molecular flexibility index (Phi) is 9.96. The maximum absolute atomic E-state index is 12.3. The minimum Gasteiger partial charge on any atom is -0.452 e. The third-order valence-electron chi connectivity index (χ3n) is 3.30. The van der Waals surface area contributed by atoms with Crippen LogP contribution in [0.3, 0.4) is 0 Å². The van der Waals surface area contributed by atoms with Gasteiger partial charge in [-0.3, -0.25) is 13.8 Å². The number of rotatable bonds is 11. The van der Waals surface area contributed by atoms with Gasteiger partial charge in [-0.1, -0.05) is 31.2 Å². The summed E-state index contributed by atoms with van der Waals surface area (Å²) in [7, 11) is -4.27. The zero-order chi connectivity index (χ0) is 20.3. The molecular weight excluding hydrogens is 373 g/mol. The second-order valence-electron chi connectivity index (χ2n) is 5.67. The van der Waals surface area contributed by atoms with E-state index in [1.54, 1.807) is 56.3 Å². The van der Waals surface area contributed by atoms with Gasteiger partial charge in [0.15, 0.2) is 0 Å². The normalized spacial score (nSPS) is 15.7. The minimum atomic E-state index is -4.27. The summed E-state index contributed by atoms with van der Waals surface area (Å²) >= 11 is 0. The zero-order valence-electron chi connectivity index (χ0n) is 15.7. The average molecular weight is 399 g/mol. The van der Waals surface area contributed by atoms with Gasteiger partial charge < -0.3 is 14.9 Å². The van der Waals surface area contributed by atoms with E-state index in [1.807, 2.05) is 0 Å². The molecule has 1 rings (SSSR count). The molecule has 0 aliphatic rings. The van der Waals surface area contributed by atoms with E-state index in [1.165, 1.54) is 6.92 Å². The molecule has 0 radical (unpaired) electrons. The fourth-order valence-corrected chi connectivity index (χ4v) is 2.95. The number of esters is 1. The largest absolute Gasteiger partial charge is 0.472 e. The van der Waals surface area contributed by atoms with Crippen molar-refractivity contribution in [3.63, 3.8) is 0 Å². The molecule has 0 saturated heterocycles. The number of ether oxygens (including phenoxy) is 1. The van der Waals surface area contributed by atoms with Crippen LogP contribution < -0.4 is 5.32 Å². The van der Waals surface area contributed by atoms with Crippen LogP contribution in [-0.2, 0) is 23.1 Å². The first-order valence-electron chi connectivity index (χ1n) is 8.57. The van der Waals surface area contributed by atoms with Gasteiger partial charge in [-0.2, -0.15) is 0 Å². The van der Waals surface area contributed by atoms with Gasteiger partial charge in [0, 0.05) is 6.92 Å². The lowest BCUT2D eigenvalue weighted by atomic mass is 10.1. The first kappa shape index (κ1) is 23.0. The Morgan fingerprint density at radius 1 is 1.26 bits per heavy atom. The van der Waals surface area contributed by atoms with Crippen molar-refractivity contribution in [1.82, 2.24) is 5.32 Å². The van der Waals surface area contributed by atoms with Crippen LogP contribution in [0.15, 0.2) is 42.5 Å². The molecule has 2 N–H and O–H groups in total. The smallest absolute Gasteiger partial charge is 0.452 e. The maximum Gasteiger partial charge on any atom is 0.472 e. The Hall–Kier alpha value is -1.99. The number of hydrogen-bond donors (Lipinski definition) is 2. The lowest BCUT2D eigenvalue weighted by Gasteiger charge is -2.26. The number of phosphoric ester groups is 1. The summed E-state index contributed by atoms with van der Waals surface area (Å²) in [4.78, 5) is 33.5. The first-order chi connectivity index (χ1) is 12.8. The summed E-state index contributed by atoms with van der Waals surface area (Å²) in [5.74, 6) is -1.00. The molecule has 0 fully saturated rings. The fourth-order valence-electron chi connectivity index (χ4n) is 2.11. The summed E-state index contributed by atoms with van der Waals surface area (Å²) in [5.41, 5.74) is 0.341. The molecule has 0 aliphatic heterocycles. The van der Waals surface area contributed by atoms with Gasteiger partial charge in [0.05, 0.1) is 24.8 Å². The summed E-state index contributed by atoms with van der Waals surface area (Å²) < 4.78 is 27.0. The van der Waals surface area contributed by atoms with E-state index in [4.69, 9.17) is 13.8 Å². The van der Waals surface area contributed by atoms with Crippen LogP contribution in [-0.4, -0.2) is 42.1 Å². The van der Waals surface area contributed by atoms with Crippen LogP contribution in [0.25, 0.3) is 0 Å². The molecule has 0 spiro atoms. The van der Waals surface area contributed by atoms with Gasteiger partial charge in [0.2, 0.25) is 5.91 Å². The Bertz CT molecular complexity index is 678. The highest BCUT2D eigenvalue weighted by atomic mass is 31.2. The van der Waals surface area contributed by atoms with Crippen LogP contribution >= 0.6 is 7.82 Å². The molecule has 0 aromatic heterocycles. The molecule has 0 saturated carbocycles. The second kappa shape index (κ2) is 11.7. The Labute approximate surface area is 159 Å². The molecule has 8 nitrogen and oxygen atoms in total. The van der Waals surface area contributed by atoms with E-state index in [9.17, 15) is 19.0 Å². The van der Waals surface area contributed by atoms with E-state index in [0.29, 0.717) is 12.0 Å². The minimum absolute atomic E-state index is 0.0554. The van der Waals surface area contributed by atoms with E-state index in [2.05, 4.69) is 5.32 Å². The molecule has 0 aliphatic carbocycles. The van der Waals surface area contributed by atoms with Crippen molar-refractivity contribution in [3.8, 4) is 0 Å². The number of nitrogens with one attached hydrogen (secondary N) is 1. The number of hydrogen-bond acceptors (Lipinski definition) is 6. The molecule has 1 amide bonds. The van der Waals surface area contributed by atoms with Gasteiger partial charge in [0.1, 0.15) is 6.10 Å². The molecular formula is C18H26NO7P. The van der Waals surface area contributed by atoms with E-state index < -0.39 is 31.8 Å². The topological polar surface area (TPSA) is 111 Å². The van der Waals surface area contributed by atoms with E-state index in [0.717, 1.165) is 0 Å². The number of carbonyl (C=O) groups is 2. The van der Waals surface area contributed by atoms with E-state index in [-0.39, 0.29) is 13.2 Å². The summed E-state index contributed by atoms with van der Waals surface area (Å²) in [6.07, 6.45) is 2.83. The SMILES string of the molecule is C/C=C/[C@@H](OC(=O)c1ccccc1)[C@H](COP(=O)(O)OCCC)NC(C)=O. The lowest BCUT2D eigenvalue weighted by Crippen LogP contribution is -2.46. The molecule has 1 aromatic rings. The lowest BCUT2D eigenvalue weighted by molar-refractivity contribution is -0.120. The molecule has 3 atom stereocenters. The number of carbonyl (C=O) groups excluding carboxylic acids is 2. The number of benzene rings is 1. The number of allylic oxidation sites excluding steroid dienone is 1. The summed E-state index contributed by atoms with van der Waals surface area (Å²) in [6.45, 7) is 4.46. The Morgan fingerprint density at radius 2 is 1.93 bits per heavy atom. The molecule has 0 bridgehead atoms. The summed E-state index contributed by atoms with van der Waals surface area (Å²) in [5, 5.41) is 2.57. The van der Waals surface area contributed by atoms with Crippen molar-refractivity contribution >= 4 is 19.7 Å². The molecule has 9 heteroatoms. The molecule has 1 unspecified atom stereocenters. The highest BCUT2D eigenvalue weighted by Crippen LogP contribution is 2.43. The van der Waals surface area contributed by atoms with Crippen molar-refractivity contribution < 1.29 is 32.8 Å². The quantitative estimate of drug-likeness (QED) is 0.334. The predicted octanol–water partition coefficient (Wildman–Crippen LogP) is 2.84. The number of phosphoric acid groups is 1. The van der Waals surface area contributed by atoms with Gasteiger partial charge in [-0.05, 0) is 31.6 Å². The van der Waals surface area contributed by atoms with Crippen LogP contribution in [0.4, 0.5) is 0 Å². The van der Waals surface area contributed by atoms with Gasteiger partial charge in [-0.15, -0.1) is 0 Å².